The van der Waals surface area contributed by atoms with E-state index in [1.807, 2.05) is 12.1 Å². The molecule has 0 aliphatic carbocycles. The number of nitrogens with two attached hydrogens (primary N) is 1. The van der Waals surface area contributed by atoms with Crippen molar-refractivity contribution in [2.45, 2.75) is 0 Å². The lowest BCUT2D eigenvalue weighted by molar-refractivity contribution is 0.374. The summed E-state index contributed by atoms with van der Waals surface area (Å²) in [6.07, 6.45) is 0. The van der Waals surface area contributed by atoms with Gasteiger partial charge >= 0.3 is 0 Å². The molecule has 2 aromatic carbocycles. The Morgan fingerprint density at radius 3 is 2.82 bits per heavy atom. The number of halogens is 1. The molecule has 7 heteroatoms. The summed E-state index contributed by atoms with van der Waals surface area (Å²) in [4.78, 5) is 7.63. The van der Waals surface area contributed by atoms with E-state index >= 15 is 0 Å². The maximum atomic E-state index is 10.3. The van der Waals surface area contributed by atoms with Crippen LogP contribution in [0.2, 0.25) is 0 Å². The minimum absolute atomic E-state index is 0.00905. The predicted octanol–water partition coefficient (Wildman–Crippen LogP) is 2.83. The number of hydrogen-bond donors (Lipinski definition) is 4. The van der Waals surface area contributed by atoms with Crippen molar-refractivity contribution in [2.75, 3.05) is 7.11 Å². The molecule has 0 spiro atoms. The number of nitrogens with zero attached hydrogens (tertiary/aromatic N) is 1. The molecule has 0 amide bonds. The fraction of sp³-hybridized carbons (Fsp3) is 0.0667. The average Bonchev–Trinajstić information content (AvgIpc) is 2.91. The molecule has 0 aliphatic rings. The molecule has 3 aromatic rings. The number of amidine groups is 1. The lowest BCUT2D eigenvalue weighted by atomic mass is 10.2. The Kier molecular flexibility index (Phi) is 3.65. The molecule has 0 aliphatic heterocycles. The minimum Gasteiger partial charge on any atom is -0.504 e. The summed E-state index contributed by atoms with van der Waals surface area (Å²) in [5.41, 5.74) is 8.14. The highest BCUT2D eigenvalue weighted by atomic mass is 127. The summed E-state index contributed by atoms with van der Waals surface area (Å²) in [6, 6.07) is 8.87. The fourth-order valence-corrected chi connectivity index (χ4v) is 2.81. The van der Waals surface area contributed by atoms with E-state index in [0.717, 1.165) is 9.09 Å². The quantitative estimate of drug-likeness (QED) is 0.304. The van der Waals surface area contributed by atoms with Gasteiger partial charge in [0.25, 0.3) is 0 Å². The third-order valence-electron chi connectivity index (χ3n) is 3.31. The lowest BCUT2D eigenvalue weighted by Crippen LogP contribution is -2.10. The van der Waals surface area contributed by atoms with Crippen LogP contribution in [-0.2, 0) is 0 Å². The molecule has 6 nitrogen and oxygen atoms in total. The number of imidazole rings is 1. The number of aromatic amines is 1. The van der Waals surface area contributed by atoms with Crippen LogP contribution in [0.4, 0.5) is 0 Å². The van der Waals surface area contributed by atoms with Crippen molar-refractivity contribution >= 4 is 39.5 Å². The average molecular weight is 408 g/mol. The highest BCUT2D eigenvalue weighted by Crippen LogP contribution is 2.38. The molecule has 0 unspecified atom stereocenters. The number of aromatic nitrogens is 2. The lowest BCUT2D eigenvalue weighted by Gasteiger charge is -2.08. The van der Waals surface area contributed by atoms with E-state index in [9.17, 15) is 5.11 Å². The molecule has 22 heavy (non-hydrogen) atoms. The van der Waals surface area contributed by atoms with Crippen LogP contribution in [0.1, 0.15) is 5.56 Å². The molecule has 0 radical (unpaired) electrons. The number of fused-ring (bicyclic) bond motifs is 1. The summed E-state index contributed by atoms with van der Waals surface area (Å²) >= 11 is 2.15. The fourth-order valence-electron chi connectivity index (χ4n) is 2.21. The molecule has 1 aromatic heterocycles. The Labute approximate surface area is 140 Å². The molecule has 112 valence electrons. The summed E-state index contributed by atoms with van der Waals surface area (Å²) in [6.45, 7) is 0. The van der Waals surface area contributed by atoms with E-state index < -0.39 is 0 Å². The Bertz CT molecular complexity index is 889. The monoisotopic (exact) mass is 408 g/mol. The maximum Gasteiger partial charge on any atom is 0.168 e. The minimum atomic E-state index is -0.00905. The molecule has 0 saturated carbocycles. The molecule has 0 fully saturated rings. The van der Waals surface area contributed by atoms with Crippen molar-refractivity contribution in [3.05, 3.63) is 39.5 Å². The number of phenolic OH excluding ortho intramolecular Hbond substituents is 1. The van der Waals surface area contributed by atoms with Gasteiger partial charge in [-0.3, -0.25) is 5.41 Å². The number of hydrogen-bond acceptors (Lipinski definition) is 4. The van der Waals surface area contributed by atoms with Crippen molar-refractivity contribution in [3.63, 3.8) is 0 Å². The highest BCUT2D eigenvalue weighted by Gasteiger charge is 2.15. The largest absolute Gasteiger partial charge is 0.504 e. The Morgan fingerprint density at radius 1 is 1.36 bits per heavy atom. The van der Waals surface area contributed by atoms with Gasteiger partial charge in [-0.2, -0.15) is 0 Å². The van der Waals surface area contributed by atoms with Gasteiger partial charge in [0.15, 0.2) is 11.5 Å². The molecule has 0 bridgehead atoms. The topological polar surface area (TPSA) is 108 Å². The number of ether oxygens (including phenoxy) is 1. The van der Waals surface area contributed by atoms with Crippen LogP contribution < -0.4 is 10.5 Å². The highest BCUT2D eigenvalue weighted by molar-refractivity contribution is 14.1. The molecular formula is C15H13IN4O2. The van der Waals surface area contributed by atoms with E-state index in [0.29, 0.717) is 28.2 Å². The van der Waals surface area contributed by atoms with Gasteiger partial charge in [-0.15, -0.1) is 0 Å². The second kappa shape index (κ2) is 5.48. The first-order valence-corrected chi connectivity index (χ1v) is 7.48. The first-order chi connectivity index (χ1) is 10.5. The molecular weight excluding hydrogens is 395 g/mol. The van der Waals surface area contributed by atoms with Crippen molar-refractivity contribution in [3.8, 4) is 22.9 Å². The van der Waals surface area contributed by atoms with Gasteiger partial charge in [0.05, 0.1) is 23.7 Å². The van der Waals surface area contributed by atoms with Gasteiger partial charge in [0, 0.05) is 9.13 Å². The van der Waals surface area contributed by atoms with Crippen LogP contribution in [0.3, 0.4) is 0 Å². The van der Waals surface area contributed by atoms with Crippen LogP contribution in [0.5, 0.6) is 11.5 Å². The Morgan fingerprint density at radius 2 is 2.14 bits per heavy atom. The number of H-pyrrole nitrogens is 1. The zero-order chi connectivity index (χ0) is 15.9. The first kappa shape index (κ1) is 14.6. The number of rotatable bonds is 3. The van der Waals surface area contributed by atoms with Gasteiger partial charge in [0.1, 0.15) is 11.7 Å². The van der Waals surface area contributed by atoms with Crippen LogP contribution in [-0.4, -0.2) is 28.0 Å². The number of methoxy groups -OCH3 is 1. The molecule has 3 rings (SSSR count). The van der Waals surface area contributed by atoms with E-state index in [1.165, 1.54) is 7.11 Å². The van der Waals surface area contributed by atoms with Crippen LogP contribution >= 0.6 is 22.6 Å². The van der Waals surface area contributed by atoms with Crippen LogP contribution in [0, 0.1) is 8.98 Å². The zero-order valence-corrected chi connectivity index (χ0v) is 13.8. The second-order valence-electron chi connectivity index (χ2n) is 4.74. The van der Waals surface area contributed by atoms with Gasteiger partial charge < -0.3 is 20.6 Å². The van der Waals surface area contributed by atoms with E-state index in [2.05, 4.69) is 32.6 Å². The van der Waals surface area contributed by atoms with Gasteiger partial charge in [-0.25, -0.2) is 4.98 Å². The standard InChI is InChI=1S/C15H13IN4O2/c1-22-12-6-8(16)5-9(13(12)21)15-19-10-3-2-7(14(17)18)4-11(10)20-15/h2-6,21H,1H3,(H3,17,18)(H,19,20). The smallest absolute Gasteiger partial charge is 0.168 e. The van der Waals surface area contributed by atoms with E-state index in [4.69, 9.17) is 15.9 Å². The normalized spacial score (nSPS) is 10.8. The van der Waals surface area contributed by atoms with Crippen LogP contribution in [0.15, 0.2) is 30.3 Å². The molecule has 0 saturated heterocycles. The molecule has 0 atom stereocenters. The predicted molar refractivity (Wildman–Crippen MR) is 93.5 cm³/mol. The van der Waals surface area contributed by atoms with Crippen molar-refractivity contribution in [1.82, 2.24) is 9.97 Å². The maximum absolute atomic E-state index is 10.3. The summed E-state index contributed by atoms with van der Waals surface area (Å²) in [5, 5.41) is 17.8. The van der Waals surface area contributed by atoms with Gasteiger partial charge in [-0.1, -0.05) is 0 Å². The van der Waals surface area contributed by atoms with Crippen LogP contribution in [0.25, 0.3) is 22.4 Å². The van der Waals surface area contributed by atoms with Crippen molar-refractivity contribution in [2.24, 2.45) is 5.73 Å². The Balaban J connectivity index is 2.18. The summed E-state index contributed by atoms with van der Waals surface area (Å²) in [5.74, 6) is 0.954. The van der Waals surface area contributed by atoms with E-state index in [-0.39, 0.29) is 11.6 Å². The number of nitrogens with one attached hydrogen (secondary N) is 2. The Hall–Kier alpha value is -2.29. The van der Waals surface area contributed by atoms with Gasteiger partial charge in [0.2, 0.25) is 0 Å². The second-order valence-corrected chi connectivity index (χ2v) is 5.98. The number of aromatic hydroxyl groups is 1. The van der Waals surface area contributed by atoms with Crippen molar-refractivity contribution in [1.29, 1.82) is 5.41 Å². The third kappa shape index (κ3) is 2.47. The number of phenols is 1. The number of nitrogen functional groups attached to an aromatic ring is 1. The summed E-state index contributed by atoms with van der Waals surface area (Å²) < 4.78 is 6.09. The SMILES string of the molecule is COc1cc(I)cc(-c2nc3cc(C(=N)N)ccc3[nH]2)c1O. The third-order valence-corrected chi connectivity index (χ3v) is 3.93. The van der Waals surface area contributed by atoms with Crippen molar-refractivity contribution < 1.29 is 9.84 Å². The van der Waals surface area contributed by atoms with E-state index in [1.54, 1.807) is 18.2 Å². The van der Waals surface area contributed by atoms with Gasteiger partial charge in [-0.05, 0) is 52.9 Å². The summed E-state index contributed by atoms with van der Waals surface area (Å²) in [7, 11) is 1.51. The first-order valence-electron chi connectivity index (χ1n) is 6.40. The number of benzene rings is 2. The molecule has 1 heterocycles. The zero-order valence-electron chi connectivity index (χ0n) is 11.6. The molecule has 5 N–H and O–H groups in total.